The van der Waals surface area contributed by atoms with E-state index in [1.54, 1.807) is 42.7 Å². The fourth-order valence-corrected chi connectivity index (χ4v) is 9.32. The molecule has 0 aromatic heterocycles. The molecule has 0 radical (unpaired) electrons. The minimum Gasteiger partial charge on any atom is -0.493 e. The number of benzene rings is 6. The van der Waals surface area contributed by atoms with Crippen LogP contribution < -0.4 is 56.8 Å². The summed E-state index contributed by atoms with van der Waals surface area (Å²) in [6.45, 7) is 3.98. The highest BCUT2D eigenvalue weighted by Crippen LogP contribution is 2.34. The van der Waals surface area contributed by atoms with E-state index >= 15 is 0 Å². The molecule has 0 spiro atoms. The average Bonchev–Trinajstić information content (AvgIpc) is 3.52. The molecule has 12 heteroatoms. The van der Waals surface area contributed by atoms with Gasteiger partial charge in [0.1, 0.15) is 0 Å². The zero-order chi connectivity index (χ0) is 57.7. The minimum absolute atomic E-state index is 0.637. The van der Waals surface area contributed by atoms with Gasteiger partial charge in [0.2, 0.25) is 0 Å². The van der Waals surface area contributed by atoms with Crippen LogP contribution in [-0.4, -0.2) is 82.3 Å². The van der Waals surface area contributed by atoms with Crippen LogP contribution in [0.4, 0.5) is 0 Å². The Labute approximate surface area is 489 Å². The molecule has 0 bridgehead atoms. The van der Waals surface area contributed by atoms with Gasteiger partial charge in [0, 0.05) is 0 Å². The molecule has 442 valence electrons. The zero-order valence-corrected chi connectivity index (χ0v) is 49.7. The van der Waals surface area contributed by atoms with Crippen LogP contribution in [0.3, 0.4) is 0 Å². The van der Waals surface area contributed by atoms with Gasteiger partial charge in [0.25, 0.3) is 0 Å². The molecule has 82 heavy (non-hydrogen) atoms. The number of rotatable bonds is 43. The van der Waals surface area contributed by atoms with Gasteiger partial charge in [0.05, 0.1) is 82.3 Å². The summed E-state index contributed by atoms with van der Waals surface area (Å²) < 4.78 is 69.9. The van der Waals surface area contributed by atoms with Crippen molar-refractivity contribution in [3.05, 3.63) is 144 Å². The average molecular weight is 1120 g/mol. The Morgan fingerprint density at radius 1 is 0.207 bits per heavy atom. The van der Waals surface area contributed by atoms with Crippen LogP contribution >= 0.6 is 0 Å². The molecule has 0 unspecified atom stereocenters. The SMILES string of the molecule is COc1ccccc1OCCCCCCCCOc1ccc(/C=C/c2ccc(OCCCCCCCCOc3ccc(/C=C/c4ccc(OCCCCCCCCOc5ccccc5OC)c(OC)c4)cc3OC)c(OC)c2)cc1OC. The number of methoxy groups -OCH3 is 6. The van der Waals surface area contributed by atoms with Gasteiger partial charge in [-0.05, 0) is 134 Å². The van der Waals surface area contributed by atoms with Gasteiger partial charge in [-0.15, -0.1) is 0 Å². The molecule has 12 nitrogen and oxygen atoms in total. The van der Waals surface area contributed by atoms with Crippen molar-refractivity contribution in [2.75, 3.05) is 82.3 Å². The summed E-state index contributed by atoms with van der Waals surface area (Å²) in [4.78, 5) is 0. The topological polar surface area (TPSA) is 111 Å². The highest BCUT2D eigenvalue weighted by molar-refractivity contribution is 5.73. The first-order chi connectivity index (χ1) is 40.4. The molecule has 6 aromatic rings. The van der Waals surface area contributed by atoms with Crippen LogP contribution in [0.1, 0.15) is 138 Å². The van der Waals surface area contributed by atoms with Gasteiger partial charge in [-0.25, -0.2) is 0 Å². The van der Waals surface area contributed by atoms with E-state index < -0.39 is 0 Å². The normalized spacial score (nSPS) is 11.1. The van der Waals surface area contributed by atoms with Gasteiger partial charge in [-0.1, -0.05) is 150 Å². The van der Waals surface area contributed by atoms with Crippen molar-refractivity contribution < 1.29 is 56.8 Å². The molecule has 6 aromatic carbocycles. The Morgan fingerprint density at radius 2 is 0.390 bits per heavy atom. The van der Waals surface area contributed by atoms with E-state index in [4.69, 9.17) is 56.8 Å². The lowest BCUT2D eigenvalue weighted by Crippen LogP contribution is -2.00. The molecular weight excluding hydrogens is 1030 g/mol. The van der Waals surface area contributed by atoms with E-state index in [0.717, 1.165) is 170 Å². The Bertz CT molecular complexity index is 2600. The van der Waals surface area contributed by atoms with E-state index in [1.807, 2.05) is 121 Å². The van der Waals surface area contributed by atoms with Crippen molar-refractivity contribution in [2.45, 2.75) is 116 Å². The summed E-state index contributed by atoms with van der Waals surface area (Å²) in [6.07, 6.45) is 28.0. The maximum Gasteiger partial charge on any atom is 0.161 e. The first-order valence-electron chi connectivity index (χ1n) is 29.6. The molecule has 0 N–H and O–H groups in total. The summed E-state index contributed by atoms with van der Waals surface area (Å²) in [7, 11) is 10.1. The lowest BCUT2D eigenvalue weighted by Gasteiger charge is -2.12. The lowest BCUT2D eigenvalue weighted by atomic mass is 10.1. The summed E-state index contributed by atoms with van der Waals surface area (Å²) >= 11 is 0. The van der Waals surface area contributed by atoms with Gasteiger partial charge in [0.15, 0.2) is 69.0 Å². The number of unbranched alkanes of at least 4 members (excludes halogenated alkanes) is 15. The molecule has 0 amide bonds. The van der Waals surface area contributed by atoms with Crippen LogP contribution in [0.2, 0.25) is 0 Å². The first-order valence-corrected chi connectivity index (χ1v) is 29.6. The highest BCUT2D eigenvalue weighted by atomic mass is 16.5. The van der Waals surface area contributed by atoms with Crippen LogP contribution in [0.5, 0.6) is 69.0 Å². The summed E-state index contributed by atoms with van der Waals surface area (Å²) in [6, 6.07) is 39.7. The van der Waals surface area contributed by atoms with Crippen LogP contribution in [-0.2, 0) is 0 Å². The zero-order valence-electron chi connectivity index (χ0n) is 49.7. The monoisotopic (exact) mass is 1120 g/mol. The van der Waals surface area contributed by atoms with Crippen LogP contribution in [0.15, 0.2) is 121 Å². The molecule has 0 fully saturated rings. The third kappa shape index (κ3) is 22.7. The second-order valence-corrected chi connectivity index (χ2v) is 20.1. The Kier molecular flexibility index (Phi) is 29.6. The Hall–Kier alpha value is -7.60. The van der Waals surface area contributed by atoms with E-state index in [0.29, 0.717) is 51.1 Å². The fourth-order valence-electron chi connectivity index (χ4n) is 9.32. The Balaban J connectivity index is 0.787. The van der Waals surface area contributed by atoms with Crippen molar-refractivity contribution >= 4 is 24.3 Å². The van der Waals surface area contributed by atoms with Crippen LogP contribution in [0, 0.1) is 0 Å². The van der Waals surface area contributed by atoms with E-state index in [2.05, 4.69) is 24.3 Å². The van der Waals surface area contributed by atoms with Gasteiger partial charge in [-0.3, -0.25) is 0 Å². The molecule has 0 saturated carbocycles. The van der Waals surface area contributed by atoms with Crippen LogP contribution in [0.25, 0.3) is 24.3 Å². The number of para-hydroxylation sites is 4. The second kappa shape index (κ2) is 38.2. The molecule has 0 atom stereocenters. The van der Waals surface area contributed by atoms with Gasteiger partial charge < -0.3 is 56.8 Å². The van der Waals surface area contributed by atoms with Crippen molar-refractivity contribution in [3.8, 4) is 69.0 Å². The summed E-state index contributed by atoms with van der Waals surface area (Å²) in [5.74, 6) is 9.04. The van der Waals surface area contributed by atoms with Crippen molar-refractivity contribution in [3.63, 3.8) is 0 Å². The van der Waals surface area contributed by atoms with E-state index in [-0.39, 0.29) is 0 Å². The first kappa shape index (κ1) is 63.6. The number of hydrogen-bond donors (Lipinski definition) is 0. The fraction of sp³-hybridized carbons (Fsp3) is 0.429. The van der Waals surface area contributed by atoms with E-state index in [9.17, 15) is 0 Å². The summed E-state index contributed by atoms with van der Waals surface area (Å²) in [5.41, 5.74) is 4.06. The molecule has 0 aliphatic heterocycles. The molecule has 0 saturated heterocycles. The van der Waals surface area contributed by atoms with Crippen molar-refractivity contribution in [1.29, 1.82) is 0 Å². The quantitative estimate of drug-likeness (QED) is 0.0268. The van der Waals surface area contributed by atoms with Gasteiger partial charge in [-0.2, -0.15) is 0 Å². The standard InChI is InChI=1S/C70H90O12/c1-71-59-29-19-21-31-61(59)77-45-23-13-7-9-15-25-47-79-63-41-37-55(51-67(63)73-3)33-35-57-39-43-65(69(53-57)75-5)81-49-27-17-11-12-18-28-50-82-66-44-40-58(54-70(66)76-6)36-34-56-38-42-64(68(52-56)74-4)80-48-26-16-10-8-14-24-46-78-62-32-22-20-30-60(62)72-2/h19-22,29-44,51-54H,7-18,23-28,45-50H2,1-6H3/b35-33+,36-34+. The smallest absolute Gasteiger partial charge is 0.161 e. The Morgan fingerprint density at radius 3 is 0.598 bits per heavy atom. The maximum atomic E-state index is 6.16. The van der Waals surface area contributed by atoms with Crippen molar-refractivity contribution in [1.82, 2.24) is 0 Å². The lowest BCUT2D eigenvalue weighted by molar-refractivity contribution is 0.279. The van der Waals surface area contributed by atoms with E-state index in [1.165, 1.54) is 25.7 Å². The number of ether oxygens (including phenoxy) is 12. The molecule has 0 aliphatic rings. The van der Waals surface area contributed by atoms with Gasteiger partial charge >= 0.3 is 0 Å². The third-order valence-corrected chi connectivity index (χ3v) is 14.0. The maximum absolute atomic E-state index is 6.16. The molecule has 0 heterocycles. The minimum atomic E-state index is 0.637. The second-order valence-electron chi connectivity index (χ2n) is 20.1. The predicted molar refractivity (Wildman–Crippen MR) is 332 cm³/mol. The van der Waals surface area contributed by atoms with Crippen molar-refractivity contribution in [2.24, 2.45) is 0 Å². The third-order valence-electron chi connectivity index (χ3n) is 14.0. The largest absolute Gasteiger partial charge is 0.493 e. The predicted octanol–water partition coefficient (Wildman–Crippen LogP) is 17.5. The summed E-state index contributed by atoms with van der Waals surface area (Å²) in [5, 5.41) is 0. The number of hydrogen-bond acceptors (Lipinski definition) is 12. The molecule has 0 aliphatic carbocycles. The highest BCUT2D eigenvalue weighted by Gasteiger charge is 2.11. The molecular formula is C70H90O12. The molecule has 6 rings (SSSR count).